The predicted molar refractivity (Wildman–Crippen MR) is 136 cm³/mol. The number of carbonyl (C=O) groups excluding carboxylic acids is 1. The lowest BCUT2D eigenvalue weighted by Gasteiger charge is -2.52. The Bertz CT molecular complexity index is 1050. The second-order valence-electron chi connectivity index (χ2n) is 10.8. The first-order valence-electron chi connectivity index (χ1n) is 12.5. The first-order chi connectivity index (χ1) is 15.7. The molecule has 5 heteroatoms. The summed E-state index contributed by atoms with van der Waals surface area (Å²) in [6.07, 6.45) is 6.22. The maximum Gasteiger partial charge on any atom is 0.259 e. The summed E-state index contributed by atoms with van der Waals surface area (Å²) in [4.78, 5) is 18.4. The van der Waals surface area contributed by atoms with Crippen LogP contribution in [0.1, 0.15) is 64.5 Å². The summed E-state index contributed by atoms with van der Waals surface area (Å²) in [7, 11) is 0. The van der Waals surface area contributed by atoms with Crippen LogP contribution in [0.25, 0.3) is 5.57 Å². The fourth-order valence-corrected chi connectivity index (χ4v) is 6.58. The Morgan fingerprint density at radius 3 is 2.61 bits per heavy atom. The summed E-state index contributed by atoms with van der Waals surface area (Å²) >= 11 is 0. The first kappa shape index (κ1) is 22.4. The number of anilines is 1. The van der Waals surface area contributed by atoms with Gasteiger partial charge < -0.3 is 10.6 Å². The van der Waals surface area contributed by atoms with Gasteiger partial charge in [-0.2, -0.15) is 0 Å². The molecule has 1 aromatic rings. The fourth-order valence-electron chi connectivity index (χ4n) is 6.58. The Labute approximate surface area is 198 Å². The van der Waals surface area contributed by atoms with Gasteiger partial charge in [-0.25, -0.2) is 0 Å². The van der Waals surface area contributed by atoms with E-state index < -0.39 is 0 Å². The molecular formula is C28H38N4O. The summed E-state index contributed by atoms with van der Waals surface area (Å²) < 4.78 is 0. The summed E-state index contributed by atoms with van der Waals surface area (Å²) in [6.45, 7) is 20.6. The molecule has 1 amide bonds. The molecule has 176 valence electrons. The number of nitrogens with one attached hydrogen (secondary N) is 2. The van der Waals surface area contributed by atoms with Crippen molar-refractivity contribution < 1.29 is 4.79 Å². The van der Waals surface area contributed by atoms with E-state index in [9.17, 15) is 4.79 Å². The smallest absolute Gasteiger partial charge is 0.259 e. The van der Waals surface area contributed by atoms with Crippen LogP contribution in [-0.4, -0.2) is 42.0 Å². The van der Waals surface area contributed by atoms with Crippen molar-refractivity contribution in [3.8, 4) is 0 Å². The van der Waals surface area contributed by atoms with Crippen molar-refractivity contribution in [3.05, 3.63) is 60.0 Å². The molecule has 2 saturated heterocycles. The van der Waals surface area contributed by atoms with E-state index in [0.29, 0.717) is 0 Å². The van der Waals surface area contributed by atoms with E-state index in [4.69, 9.17) is 0 Å². The van der Waals surface area contributed by atoms with E-state index in [2.05, 4.69) is 80.7 Å². The third-order valence-corrected chi connectivity index (χ3v) is 8.77. The van der Waals surface area contributed by atoms with Crippen LogP contribution < -0.4 is 15.5 Å². The number of hydrogen-bond acceptors (Lipinski definition) is 4. The standard InChI is InChI=1S/C28H38N4O/c1-7-29-27(5)13-15-31(16-14-27)28(6)18(2)17-21-25-22(28)9-8-10-24(25)32(26(21)33)23-12-11-19(3)30-20(23)4/h8-10,17-18,23,29-30H,3-4,7,11-16H2,1-2,5-6H3. The highest BCUT2D eigenvalue weighted by atomic mass is 16.2. The highest BCUT2D eigenvalue weighted by Gasteiger charge is 2.50. The lowest BCUT2D eigenvalue weighted by atomic mass is 9.70. The number of allylic oxidation sites excluding steroid dienone is 1. The molecule has 3 unspecified atom stereocenters. The Morgan fingerprint density at radius 1 is 1.21 bits per heavy atom. The van der Waals surface area contributed by atoms with Gasteiger partial charge in [-0.05, 0) is 63.6 Å². The van der Waals surface area contributed by atoms with Gasteiger partial charge >= 0.3 is 0 Å². The third-order valence-electron chi connectivity index (χ3n) is 8.77. The number of benzene rings is 1. The van der Waals surface area contributed by atoms with Crippen molar-refractivity contribution in [2.75, 3.05) is 24.5 Å². The van der Waals surface area contributed by atoms with E-state index >= 15 is 0 Å². The second kappa shape index (κ2) is 7.85. The lowest BCUT2D eigenvalue weighted by Crippen LogP contribution is -2.58. The summed E-state index contributed by atoms with van der Waals surface area (Å²) in [5.74, 6) is 0.361. The summed E-state index contributed by atoms with van der Waals surface area (Å²) in [6, 6.07) is 6.47. The van der Waals surface area contributed by atoms with Gasteiger partial charge in [-0.1, -0.05) is 45.2 Å². The molecule has 1 aliphatic carbocycles. The van der Waals surface area contributed by atoms with Crippen LogP contribution >= 0.6 is 0 Å². The van der Waals surface area contributed by atoms with E-state index in [1.807, 2.05) is 4.90 Å². The minimum Gasteiger partial charge on any atom is -0.362 e. The van der Waals surface area contributed by atoms with Gasteiger partial charge in [0.15, 0.2) is 0 Å². The van der Waals surface area contributed by atoms with E-state index in [1.165, 1.54) is 5.56 Å². The van der Waals surface area contributed by atoms with Crippen molar-refractivity contribution in [2.45, 2.75) is 70.5 Å². The largest absolute Gasteiger partial charge is 0.362 e. The lowest BCUT2D eigenvalue weighted by molar-refractivity contribution is -0.113. The van der Waals surface area contributed by atoms with E-state index in [-0.39, 0.29) is 28.9 Å². The van der Waals surface area contributed by atoms with E-state index in [1.54, 1.807) is 0 Å². The van der Waals surface area contributed by atoms with Crippen molar-refractivity contribution in [1.82, 2.24) is 15.5 Å². The molecule has 0 radical (unpaired) electrons. The molecule has 5 rings (SSSR count). The van der Waals surface area contributed by atoms with Crippen LogP contribution in [0.15, 0.2) is 48.8 Å². The molecule has 2 fully saturated rings. The van der Waals surface area contributed by atoms with Crippen molar-refractivity contribution >= 4 is 17.2 Å². The molecule has 4 aliphatic rings. The number of carbonyl (C=O) groups is 1. The SMILES string of the molecule is C=C1CCC(N2C(=O)C3=CC(C)C(C)(N4CCC(C)(NCC)CC4)c4cccc2c43)C(=C)N1. The molecule has 0 saturated carbocycles. The minimum atomic E-state index is -0.130. The van der Waals surface area contributed by atoms with Crippen molar-refractivity contribution in [1.29, 1.82) is 0 Å². The number of nitrogens with zero attached hydrogens (tertiary/aromatic N) is 2. The van der Waals surface area contributed by atoms with Crippen LogP contribution in [0.3, 0.4) is 0 Å². The summed E-state index contributed by atoms with van der Waals surface area (Å²) in [5, 5.41) is 7.00. The Balaban J connectivity index is 1.53. The molecule has 0 spiro atoms. The van der Waals surface area contributed by atoms with Gasteiger partial charge in [-0.15, -0.1) is 0 Å². The highest BCUT2D eigenvalue weighted by Crippen LogP contribution is 2.53. The summed E-state index contributed by atoms with van der Waals surface area (Å²) in [5.41, 5.74) is 6.28. The van der Waals surface area contributed by atoms with Gasteiger partial charge in [0.2, 0.25) is 0 Å². The molecule has 5 nitrogen and oxygen atoms in total. The maximum absolute atomic E-state index is 13.7. The minimum absolute atomic E-state index is 0.0432. The van der Waals surface area contributed by atoms with Crippen LogP contribution in [-0.2, 0) is 10.3 Å². The second-order valence-corrected chi connectivity index (χ2v) is 10.8. The number of amides is 1. The number of hydrogen-bond donors (Lipinski definition) is 2. The quantitative estimate of drug-likeness (QED) is 0.714. The van der Waals surface area contributed by atoms with Crippen molar-refractivity contribution in [2.24, 2.45) is 5.92 Å². The zero-order valence-electron chi connectivity index (χ0n) is 20.6. The molecule has 3 aliphatic heterocycles. The molecule has 0 bridgehead atoms. The zero-order chi connectivity index (χ0) is 23.5. The molecule has 1 aromatic carbocycles. The van der Waals surface area contributed by atoms with Crippen molar-refractivity contribution in [3.63, 3.8) is 0 Å². The van der Waals surface area contributed by atoms with Gasteiger partial charge in [-0.3, -0.25) is 14.6 Å². The Kier molecular flexibility index (Phi) is 5.33. The highest BCUT2D eigenvalue weighted by molar-refractivity contribution is 6.33. The van der Waals surface area contributed by atoms with Gasteiger partial charge in [0, 0.05) is 46.7 Å². The predicted octanol–water partition coefficient (Wildman–Crippen LogP) is 4.52. The van der Waals surface area contributed by atoms with Crippen LogP contribution in [0.4, 0.5) is 5.69 Å². The monoisotopic (exact) mass is 446 g/mol. The van der Waals surface area contributed by atoms with Gasteiger partial charge in [0.05, 0.1) is 11.7 Å². The Morgan fingerprint density at radius 2 is 1.94 bits per heavy atom. The topological polar surface area (TPSA) is 47.6 Å². The molecule has 3 atom stereocenters. The molecule has 0 aromatic heterocycles. The Hall–Kier alpha value is -2.37. The number of rotatable bonds is 4. The number of likely N-dealkylation sites (tertiary alicyclic amines) is 1. The molecule has 33 heavy (non-hydrogen) atoms. The zero-order valence-corrected chi connectivity index (χ0v) is 20.6. The first-order valence-corrected chi connectivity index (χ1v) is 12.5. The average Bonchev–Trinajstić information content (AvgIpc) is 3.05. The molecule has 3 heterocycles. The third kappa shape index (κ3) is 3.31. The van der Waals surface area contributed by atoms with E-state index in [0.717, 1.165) is 73.5 Å². The normalized spacial score (nSPS) is 31.3. The maximum atomic E-state index is 13.7. The average molecular weight is 447 g/mol. The fraction of sp³-hybridized carbons (Fsp3) is 0.536. The van der Waals surface area contributed by atoms with Crippen LogP contribution in [0.2, 0.25) is 0 Å². The van der Waals surface area contributed by atoms with Crippen LogP contribution in [0.5, 0.6) is 0 Å². The molecular weight excluding hydrogens is 408 g/mol. The number of piperidine rings is 2. The molecule has 2 N–H and O–H groups in total. The van der Waals surface area contributed by atoms with Gasteiger partial charge in [0.1, 0.15) is 0 Å². The van der Waals surface area contributed by atoms with Gasteiger partial charge in [0.25, 0.3) is 5.91 Å². The van der Waals surface area contributed by atoms with Crippen LogP contribution in [0, 0.1) is 5.92 Å².